The van der Waals surface area contributed by atoms with Gasteiger partial charge in [0.15, 0.2) is 0 Å². The summed E-state index contributed by atoms with van der Waals surface area (Å²) in [5.41, 5.74) is 0. The van der Waals surface area contributed by atoms with Crippen LogP contribution in [0.5, 0.6) is 0 Å². The molecule has 0 aliphatic carbocycles. The Morgan fingerprint density at radius 3 is 2.33 bits per heavy atom. The van der Waals surface area contributed by atoms with Crippen LogP contribution in [-0.2, 0) is 14.3 Å². The topological polar surface area (TPSA) is 38.8 Å². The standard InChI is InChI=1S/C11H23NO3/c1-6-12(10(3)8-14-4)7-9(2)11(13)15-5/h9-10H,6-8H2,1-5H3. The maximum absolute atomic E-state index is 11.3. The molecule has 0 amide bonds. The summed E-state index contributed by atoms with van der Waals surface area (Å²) in [4.78, 5) is 13.5. The van der Waals surface area contributed by atoms with Crippen molar-refractivity contribution in [1.82, 2.24) is 4.90 Å². The number of ether oxygens (including phenoxy) is 2. The number of hydrogen-bond acceptors (Lipinski definition) is 4. The fourth-order valence-corrected chi connectivity index (χ4v) is 1.59. The van der Waals surface area contributed by atoms with Crippen LogP contribution in [0.2, 0.25) is 0 Å². The third kappa shape index (κ3) is 5.14. The molecule has 2 atom stereocenters. The van der Waals surface area contributed by atoms with Crippen LogP contribution in [0.25, 0.3) is 0 Å². The molecule has 0 rings (SSSR count). The molecule has 4 heteroatoms. The molecule has 0 aliphatic heterocycles. The molecular formula is C11H23NO3. The number of likely N-dealkylation sites (N-methyl/N-ethyl adjacent to an activating group) is 1. The van der Waals surface area contributed by atoms with Crippen molar-refractivity contribution in [3.8, 4) is 0 Å². The Balaban J connectivity index is 4.13. The molecule has 0 aromatic rings. The predicted molar refractivity (Wildman–Crippen MR) is 59.8 cm³/mol. The van der Waals surface area contributed by atoms with E-state index in [1.807, 2.05) is 6.92 Å². The predicted octanol–water partition coefficient (Wildman–Crippen LogP) is 1.15. The van der Waals surface area contributed by atoms with E-state index in [4.69, 9.17) is 9.47 Å². The molecule has 4 nitrogen and oxygen atoms in total. The quantitative estimate of drug-likeness (QED) is 0.600. The van der Waals surface area contributed by atoms with E-state index in [0.29, 0.717) is 19.2 Å². The molecule has 0 bridgehead atoms. The molecule has 90 valence electrons. The molecule has 0 N–H and O–H groups in total. The highest BCUT2D eigenvalue weighted by Gasteiger charge is 2.19. The average Bonchev–Trinajstić information content (AvgIpc) is 2.24. The first kappa shape index (κ1) is 14.4. The third-order valence-corrected chi connectivity index (χ3v) is 2.55. The van der Waals surface area contributed by atoms with Gasteiger partial charge in [-0.25, -0.2) is 0 Å². The zero-order valence-corrected chi connectivity index (χ0v) is 10.4. The lowest BCUT2D eigenvalue weighted by molar-refractivity contribution is -0.145. The van der Waals surface area contributed by atoms with Crippen molar-refractivity contribution >= 4 is 5.97 Å². The van der Waals surface area contributed by atoms with Gasteiger partial charge < -0.3 is 9.47 Å². The van der Waals surface area contributed by atoms with Crippen LogP contribution in [0.1, 0.15) is 20.8 Å². The maximum Gasteiger partial charge on any atom is 0.309 e. The van der Waals surface area contributed by atoms with Crippen molar-refractivity contribution in [3.63, 3.8) is 0 Å². The molecule has 0 aromatic heterocycles. The van der Waals surface area contributed by atoms with Gasteiger partial charge in [0.25, 0.3) is 0 Å². The molecule has 0 saturated heterocycles. The summed E-state index contributed by atoms with van der Waals surface area (Å²) in [5, 5.41) is 0. The SMILES string of the molecule is CCN(CC(C)C(=O)OC)C(C)COC. The molecule has 0 radical (unpaired) electrons. The molecule has 0 fully saturated rings. The first-order valence-electron chi connectivity index (χ1n) is 5.37. The van der Waals surface area contributed by atoms with E-state index >= 15 is 0 Å². The second-order valence-corrected chi connectivity index (χ2v) is 3.82. The van der Waals surface area contributed by atoms with E-state index in [2.05, 4.69) is 18.7 Å². The summed E-state index contributed by atoms with van der Waals surface area (Å²) in [6.45, 7) is 8.36. The third-order valence-electron chi connectivity index (χ3n) is 2.55. The van der Waals surface area contributed by atoms with Crippen LogP contribution in [0.4, 0.5) is 0 Å². The molecule has 0 aliphatic rings. The van der Waals surface area contributed by atoms with Gasteiger partial charge in [0, 0.05) is 19.7 Å². The summed E-state index contributed by atoms with van der Waals surface area (Å²) >= 11 is 0. The molecule has 0 saturated carbocycles. The van der Waals surface area contributed by atoms with Gasteiger partial charge in [-0.15, -0.1) is 0 Å². The first-order valence-corrected chi connectivity index (χ1v) is 5.37. The van der Waals surface area contributed by atoms with Crippen LogP contribution in [-0.4, -0.2) is 50.8 Å². The zero-order valence-electron chi connectivity index (χ0n) is 10.4. The van der Waals surface area contributed by atoms with Crippen molar-refractivity contribution in [1.29, 1.82) is 0 Å². The summed E-state index contributed by atoms with van der Waals surface area (Å²) in [6.07, 6.45) is 0. The lowest BCUT2D eigenvalue weighted by Gasteiger charge is -2.28. The zero-order chi connectivity index (χ0) is 11.8. The molecular weight excluding hydrogens is 194 g/mol. The number of carbonyl (C=O) groups excluding carboxylic acids is 1. The van der Waals surface area contributed by atoms with E-state index in [-0.39, 0.29) is 11.9 Å². The van der Waals surface area contributed by atoms with E-state index in [1.54, 1.807) is 7.11 Å². The highest BCUT2D eigenvalue weighted by molar-refractivity contribution is 5.72. The normalized spacial score (nSPS) is 15.1. The summed E-state index contributed by atoms with van der Waals surface area (Å²) in [6, 6.07) is 0.326. The van der Waals surface area contributed by atoms with Gasteiger partial charge in [-0.3, -0.25) is 9.69 Å². The maximum atomic E-state index is 11.3. The lowest BCUT2D eigenvalue weighted by atomic mass is 10.1. The van der Waals surface area contributed by atoms with Crippen LogP contribution >= 0.6 is 0 Å². The Morgan fingerprint density at radius 2 is 1.93 bits per heavy atom. The monoisotopic (exact) mass is 217 g/mol. The van der Waals surface area contributed by atoms with Crippen molar-refractivity contribution in [3.05, 3.63) is 0 Å². The highest BCUT2D eigenvalue weighted by Crippen LogP contribution is 2.06. The van der Waals surface area contributed by atoms with E-state index in [1.165, 1.54) is 7.11 Å². The second kappa shape index (κ2) is 7.65. The summed E-state index contributed by atoms with van der Waals surface area (Å²) in [7, 11) is 3.11. The highest BCUT2D eigenvalue weighted by atomic mass is 16.5. The van der Waals surface area contributed by atoms with E-state index in [9.17, 15) is 4.79 Å². The van der Waals surface area contributed by atoms with Crippen LogP contribution in [0, 0.1) is 5.92 Å². The molecule has 2 unspecified atom stereocenters. The summed E-state index contributed by atoms with van der Waals surface area (Å²) < 4.78 is 9.80. The Kier molecular flexibility index (Phi) is 7.34. The number of esters is 1. The fraction of sp³-hybridized carbons (Fsp3) is 0.909. The van der Waals surface area contributed by atoms with Gasteiger partial charge in [-0.2, -0.15) is 0 Å². The van der Waals surface area contributed by atoms with Crippen molar-refractivity contribution in [2.24, 2.45) is 5.92 Å². The lowest BCUT2D eigenvalue weighted by Crippen LogP contribution is -2.40. The molecule has 0 spiro atoms. The van der Waals surface area contributed by atoms with Gasteiger partial charge in [-0.05, 0) is 13.5 Å². The van der Waals surface area contributed by atoms with Gasteiger partial charge in [0.1, 0.15) is 0 Å². The van der Waals surface area contributed by atoms with Crippen LogP contribution < -0.4 is 0 Å². The fourth-order valence-electron chi connectivity index (χ4n) is 1.59. The largest absolute Gasteiger partial charge is 0.469 e. The number of nitrogens with zero attached hydrogens (tertiary/aromatic N) is 1. The van der Waals surface area contributed by atoms with Crippen molar-refractivity contribution in [2.45, 2.75) is 26.8 Å². The average molecular weight is 217 g/mol. The Hall–Kier alpha value is -0.610. The van der Waals surface area contributed by atoms with Crippen LogP contribution in [0.15, 0.2) is 0 Å². The Bertz CT molecular complexity index is 185. The number of methoxy groups -OCH3 is 2. The first-order chi connectivity index (χ1) is 7.06. The second-order valence-electron chi connectivity index (χ2n) is 3.82. The van der Waals surface area contributed by atoms with E-state index < -0.39 is 0 Å². The van der Waals surface area contributed by atoms with Gasteiger partial charge >= 0.3 is 5.97 Å². The van der Waals surface area contributed by atoms with Gasteiger partial charge in [0.05, 0.1) is 19.6 Å². The number of rotatable bonds is 7. The number of carbonyl (C=O) groups is 1. The van der Waals surface area contributed by atoms with Crippen molar-refractivity contribution in [2.75, 3.05) is 33.9 Å². The Morgan fingerprint density at radius 1 is 1.33 bits per heavy atom. The summed E-state index contributed by atoms with van der Waals surface area (Å²) in [5.74, 6) is -0.243. The minimum atomic E-state index is -0.155. The van der Waals surface area contributed by atoms with Gasteiger partial charge in [0.2, 0.25) is 0 Å². The molecule has 15 heavy (non-hydrogen) atoms. The molecule has 0 aromatic carbocycles. The van der Waals surface area contributed by atoms with Gasteiger partial charge in [-0.1, -0.05) is 13.8 Å². The minimum absolute atomic E-state index is 0.0887. The molecule has 0 heterocycles. The minimum Gasteiger partial charge on any atom is -0.469 e. The number of hydrogen-bond donors (Lipinski definition) is 0. The van der Waals surface area contributed by atoms with Crippen molar-refractivity contribution < 1.29 is 14.3 Å². The smallest absolute Gasteiger partial charge is 0.309 e. The van der Waals surface area contributed by atoms with Crippen LogP contribution in [0.3, 0.4) is 0 Å². The van der Waals surface area contributed by atoms with E-state index in [0.717, 1.165) is 6.54 Å². The Labute approximate surface area is 92.5 Å².